The van der Waals surface area contributed by atoms with E-state index >= 15 is 0 Å². The number of benzene rings is 1. The lowest BCUT2D eigenvalue weighted by atomic mass is 10.0. The van der Waals surface area contributed by atoms with Gasteiger partial charge in [0.2, 0.25) is 0 Å². The molecule has 6 nitrogen and oxygen atoms in total. The predicted octanol–water partition coefficient (Wildman–Crippen LogP) is 4.01. The number of nitrogens with one attached hydrogen (secondary N) is 2. The van der Waals surface area contributed by atoms with Crippen molar-refractivity contribution in [2.24, 2.45) is 4.99 Å². The summed E-state index contributed by atoms with van der Waals surface area (Å²) in [7, 11) is 3.29. The van der Waals surface area contributed by atoms with Crippen LogP contribution in [0.1, 0.15) is 39.2 Å². The number of hydrogen-bond donors (Lipinski definition) is 2. The monoisotopic (exact) mass is 568 g/mol. The predicted molar refractivity (Wildman–Crippen MR) is 130 cm³/mol. The van der Waals surface area contributed by atoms with Gasteiger partial charge in [-0.2, -0.15) is 0 Å². The zero-order valence-corrected chi connectivity index (χ0v) is 21.5. The highest BCUT2D eigenvalue weighted by Crippen LogP contribution is 2.33. The second-order valence-corrected chi connectivity index (χ2v) is 7.90. The van der Waals surface area contributed by atoms with Crippen molar-refractivity contribution < 1.29 is 9.47 Å². The minimum Gasteiger partial charge on any atom is -0.493 e. The number of halogens is 2. The van der Waals surface area contributed by atoms with Gasteiger partial charge in [0.15, 0.2) is 17.5 Å². The maximum absolute atomic E-state index is 5.41. The molecule has 0 unspecified atom stereocenters. The number of rotatable bonds is 7. The summed E-state index contributed by atoms with van der Waals surface area (Å²) in [6.07, 6.45) is 2.28. The van der Waals surface area contributed by atoms with E-state index in [0.717, 1.165) is 48.5 Å². The SMILES string of the molecule is CCNC(=NCc1cc(OC)c(OC)cc1Br)NC1CCN(C(C)C)CC1.I. The smallest absolute Gasteiger partial charge is 0.191 e. The molecule has 1 aromatic carbocycles. The van der Waals surface area contributed by atoms with Gasteiger partial charge in [0.05, 0.1) is 20.8 Å². The molecular formula is C20H34BrIN4O2. The Morgan fingerprint density at radius 3 is 2.36 bits per heavy atom. The molecule has 0 bridgehead atoms. The largest absolute Gasteiger partial charge is 0.493 e. The first-order valence-electron chi connectivity index (χ1n) is 9.67. The summed E-state index contributed by atoms with van der Waals surface area (Å²) in [4.78, 5) is 7.31. The summed E-state index contributed by atoms with van der Waals surface area (Å²) in [6, 6.07) is 4.98. The third-order valence-electron chi connectivity index (χ3n) is 4.91. The van der Waals surface area contributed by atoms with E-state index in [9.17, 15) is 0 Å². The summed E-state index contributed by atoms with van der Waals surface area (Å²) >= 11 is 3.61. The maximum atomic E-state index is 5.41. The molecule has 8 heteroatoms. The van der Waals surface area contributed by atoms with E-state index < -0.39 is 0 Å². The van der Waals surface area contributed by atoms with Gasteiger partial charge in [-0.05, 0) is 51.3 Å². The van der Waals surface area contributed by atoms with Gasteiger partial charge in [-0.15, -0.1) is 24.0 Å². The molecule has 0 saturated carbocycles. The Morgan fingerprint density at radius 2 is 1.82 bits per heavy atom. The van der Waals surface area contributed by atoms with Crippen molar-refractivity contribution >= 4 is 45.9 Å². The lowest BCUT2D eigenvalue weighted by Crippen LogP contribution is -2.49. The van der Waals surface area contributed by atoms with Crippen molar-refractivity contribution in [2.45, 2.75) is 52.2 Å². The van der Waals surface area contributed by atoms with Crippen LogP contribution in [0, 0.1) is 0 Å². The van der Waals surface area contributed by atoms with Crippen molar-refractivity contribution in [1.82, 2.24) is 15.5 Å². The molecule has 0 atom stereocenters. The van der Waals surface area contributed by atoms with Crippen molar-refractivity contribution in [1.29, 1.82) is 0 Å². The first-order valence-corrected chi connectivity index (χ1v) is 10.5. The average Bonchev–Trinajstić information content (AvgIpc) is 2.67. The topological polar surface area (TPSA) is 58.1 Å². The van der Waals surface area contributed by atoms with E-state index in [2.05, 4.69) is 52.2 Å². The van der Waals surface area contributed by atoms with Crippen LogP contribution < -0.4 is 20.1 Å². The lowest BCUT2D eigenvalue weighted by Gasteiger charge is -2.35. The van der Waals surface area contributed by atoms with Crippen molar-refractivity contribution in [2.75, 3.05) is 33.9 Å². The number of piperidine rings is 1. The Bertz CT molecular complexity index is 635. The van der Waals surface area contributed by atoms with E-state index in [-0.39, 0.29) is 24.0 Å². The third kappa shape index (κ3) is 7.26. The molecule has 1 fully saturated rings. The molecule has 160 valence electrons. The first-order chi connectivity index (χ1) is 13.0. The fourth-order valence-corrected chi connectivity index (χ4v) is 3.70. The van der Waals surface area contributed by atoms with Gasteiger partial charge in [-0.3, -0.25) is 0 Å². The molecule has 1 heterocycles. The Labute approximate surface area is 195 Å². The highest BCUT2D eigenvalue weighted by Gasteiger charge is 2.21. The fourth-order valence-electron chi connectivity index (χ4n) is 3.26. The fraction of sp³-hybridized carbons (Fsp3) is 0.650. The molecule has 1 aliphatic heterocycles. The highest BCUT2D eigenvalue weighted by atomic mass is 127. The second kappa shape index (κ2) is 12.7. The third-order valence-corrected chi connectivity index (χ3v) is 5.64. The standard InChI is InChI=1S/C20H33BrN4O2.HI/c1-6-22-20(24-16-7-9-25(10-8-16)14(2)3)23-13-15-11-18(26-4)19(27-5)12-17(15)21;/h11-12,14,16H,6-10,13H2,1-5H3,(H2,22,23,24);1H. The molecular weight excluding hydrogens is 535 g/mol. The zero-order valence-electron chi connectivity index (χ0n) is 17.5. The average molecular weight is 569 g/mol. The normalized spacial score (nSPS) is 15.9. The number of nitrogens with zero attached hydrogens (tertiary/aromatic N) is 2. The Balaban J connectivity index is 0.00000392. The van der Waals surface area contributed by atoms with Crippen LogP contribution >= 0.6 is 39.9 Å². The number of guanidine groups is 1. The summed E-state index contributed by atoms with van der Waals surface area (Å²) < 4.78 is 11.7. The number of ether oxygens (including phenoxy) is 2. The number of likely N-dealkylation sites (tertiary alicyclic amines) is 1. The molecule has 1 aliphatic rings. The van der Waals surface area contributed by atoms with Gasteiger partial charge in [0, 0.05) is 36.2 Å². The van der Waals surface area contributed by atoms with Crippen LogP contribution in [0.3, 0.4) is 0 Å². The molecule has 2 N–H and O–H groups in total. The van der Waals surface area contributed by atoms with Crippen LogP contribution in [0.15, 0.2) is 21.6 Å². The van der Waals surface area contributed by atoms with Gasteiger partial charge in [0.1, 0.15) is 0 Å². The van der Waals surface area contributed by atoms with E-state index in [1.165, 1.54) is 0 Å². The molecule has 0 amide bonds. The van der Waals surface area contributed by atoms with E-state index in [1.807, 2.05) is 12.1 Å². The molecule has 0 aliphatic carbocycles. The zero-order chi connectivity index (χ0) is 19.8. The lowest BCUT2D eigenvalue weighted by molar-refractivity contribution is 0.167. The Morgan fingerprint density at radius 1 is 1.21 bits per heavy atom. The van der Waals surface area contributed by atoms with Gasteiger partial charge >= 0.3 is 0 Å². The van der Waals surface area contributed by atoms with E-state index in [1.54, 1.807) is 14.2 Å². The van der Waals surface area contributed by atoms with Crippen LogP contribution in [0.25, 0.3) is 0 Å². The number of aliphatic imine (C=N–C) groups is 1. The maximum Gasteiger partial charge on any atom is 0.191 e. The molecule has 1 saturated heterocycles. The minimum atomic E-state index is 0. The summed E-state index contributed by atoms with van der Waals surface area (Å²) in [5.41, 5.74) is 1.06. The Hall–Kier alpha value is -0.740. The van der Waals surface area contributed by atoms with Crippen LogP contribution in [-0.2, 0) is 6.54 Å². The molecule has 1 aromatic rings. The highest BCUT2D eigenvalue weighted by molar-refractivity contribution is 14.0. The molecule has 0 spiro atoms. The van der Waals surface area contributed by atoms with Gasteiger partial charge in [0.25, 0.3) is 0 Å². The first kappa shape index (κ1) is 25.3. The minimum absolute atomic E-state index is 0. The van der Waals surface area contributed by atoms with E-state index in [0.29, 0.717) is 30.1 Å². The number of hydrogen-bond acceptors (Lipinski definition) is 4. The Kier molecular flexibility index (Phi) is 11.5. The molecule has 28 heavy (non-hydrogen) atoms. The van der Waals surface area contributed by atoms with Crippen LogP contribution in [0.4, 0.5) is 0 Å². The summed E-state index contributed by atoms with van der Waals surface area (Å²) in [6.45, 7) is 10.3. The van der Waals surface area contributed by atoms with Gasteiger partial charge < -0.3 is 25.0 Å². The van der Waals surface area contributed by atoms with Gasteiger partial charge in [-0.1, -0.05) is 15.9 Å². The van der Waals surface area contributed by atoms with E-state index in [4.69, 9.17) is 14.5 Å². The van der Waals surface area contributed by atoms with Crippen LogP contribution in [0.5, 0.6) is 11.5 Å². The summed E-state index contributed by atoms with van der Waals surface area (Å²) in [5, 5.41) is 6.96. The second-order valence-electron chi connectivity index (χ2n) is 7.04. The molecule has 0 radical (unpaired) electrons. The molecule has 2 rings (SSSR count). The number of methoxy groups -OCH3 is 2. The van der Waals surface area contributed by atoms with Gasteiger partial charge in [-0.25, -0.2) is 4.99 Å². The van der Waals surface area contributed by atoms with Crippen molar-refractivity contribution in [3.63, 3.8) is 0 Å². The van der Waals surface area contributed by atoms with Crippen LogP contribution in [-0.4, -0.2) is 56.8 Å². The van der Waals surface area contributed by atoms with Crippen molar-refractivity contribution in [3.05, 3.63) is 22.2 Å². The summed E-state index contributed by atoms with van der Waals surface area (Å²) in [5.74, 6) is 2.28. The quantitative estimate of drug-likeness (QED) is 0.296. The van der Waals surface area contributed by atoms with Crippen LogP contribution in [0.2, 0.25) is 0 Å². The molecule has 0 aromatic heterocycles. The van der Waals surface area contributed by atoms with Crippen molar-refractivity contribution in [3.8, 4) is 11.5 Å².